The van der Waals surface area contributed by atoms with Gasteiger partial charge in [-0.2, -0.15) is 0 Å². The number of rotatable bonds is 19. The number of unbranched alkanes of at least 4 members (excludes halogenated alkanes) is 9. The van der Waals surface area contributed by atoms with E-state index < -0.39 is 0 Å². The lowest BCUT2D eigenvalue weighted by atomic mass is 10.1. The quantitative estimate of drug-likeness (QED) is 0.129. The van der Waals surface area contributed by atoms with Crippen LogP contribution >= 0.6 is 0 Å². The van der Waals surface area contributed by atoms with Crippen LogP contribution in [0.2, 0.25) is 0 Å². The van der Waals surface area contributed by atoms with Crippen LogP contribution in [0.15, 0.2) is 24.3 Å². The summed E-state index contributed by atoms with van der Waals surface area (Å²) < 4.78 is 14.6. The first-order chi connectivity index (χ1) is 13.3. The van der Waals surface area contributed by atoms with E-state index in [1.54, 1.807) is 0 Å². The molecule has 0 bridgehead atoms. The zero-order chi connectivity index (χ0) is 20.3. The highest BCUT2D eigenvalue weighted by Crippen LogP contribution is 2.09. The Morgan fingerprint density at radius 3 is 1.37 bits per heavy atom. The summed E-state index contributed by atoms with van der Waals surface area (Å²) >= 11 is 0. The van der Waals surface area contributed by atoms with E-state index in [9.17, 15) is 0 Å². The summed E-state index contributed by atoms with van der Waals surface area (Å²) in [4.78, 5) is 0. The van der Waals surface area contributed by atoms with Crippen molar-refractivity contribution in [1.82, 2.24) is 0 Å². The topological polar surface area (TPSA) is 27.7 Å². The van der Waals surface area contributed by atoms with E-state index in [1.807, 2.05) is 13.8 Å². The van der Waals surface area contributed by atoms with E-state index in [0.717, 1.165) is 0 Å². The van der Waals surface area contributed by atoms with Crippen LogP contribution in [0, 0.1) is 0 Å². The van der Waals surface area contributed by atoms with Gasteiger partial charge < -0.3 is 14.2 Å². The van der Waals surface area contributed by atoms with Gasteiger partial charge in [0, 0.05) is 13.2 Å². The van der Waals surface area contributed by atoms with E-state index in [2.05, 4.69) is 38.2 Å². The maximum absolute atomic E-state index is 4.88. The van der Waals surface area contributed by atoms with E-state index in [4.69, 9.17) is 14.2 Å². The predicted molar refractivity (Wildman–Crippen MR) is 119 cm³/mol. The molecule has 0 unspecified atom stereocenters. The van der Waals surface area contributed by atoms with Gasteiger partial charge in [0.15, 0.2) is 0 Å². The van der Waals surface area contributed by atoms with Gasteiger partial charge >= 0.3 is 0 Å². The normalized spacial score (nSPS) is 11.3. The van der Waals surface area contributed by atoms with Crippen molar-refractivity contribution in [1.29, 1.82) is 0 Å². The maximum atomic E-state index is 4.88. The van der Waals surface area contributed by atoms with Gasteiger partial charge in [0.2, 0.25) is 0 Å². The Morgan fingerprint density at radius 1 is 0.481 bits per heavy atom. The van der Waals surface area contributed by atoms with E-state index in [1.165, 1.54) is 77.0 Å². The molecular formula is C24H48O3. The third-order valence-electron chi connectivity index (χ3n) is 4.03. The summed E-state index contributed by atoms with van der Waals surface area (Å²) in [6.45, 7) is 10.3. The molecule has 0 aliphatic rings. The minimum Gasteiger partial charge on any atom is -0.356 e. The lowest BCUT2D eigenvalue weighted by molar-refractivity contribution is -0.126. The smallest absolute Gasteiger partial charge is 0.149 e. The highest BCUT2D eigenvalue weighted by molar-refractivity contribution is 4.81. The van der Waals surface area contributed by atoms with Gasteiger partial charge in [0.05, 0.1) is 0 Å². The van der Waals surface area contributed by atoms with Gasteiger partial charge in [-0.1, -0.05) is 76.7 Å². The lowest BCUT2D eigenvalue weighted by Crippen LogP contribution is -2.03. The first kappa shape index (κ1) is 28.6. The SMILES string of the molecule is CC/C=C/CCCCCCCC/C=C\CCCC.CCOCOCOCC. The van der Waals surface area contributed by atoms with Crippen molar-refractivity contribution in [3.05, 3.63) is 24.3 Å². The predicted octanol–water partition coefficient (Wildman–Crippen LogP) is 7.81. The highest BCUT2D eigenvalue weighted by atomic mass is 16.7. The molecule has 0 amide bonds. The standard InChI is InChI=1S/C18H34.C6H14O3/c1-3-5-7-9-11-13-15-17-18-16-14-12-10-8-6-4-2;1-3-7-5-9-6-8-4-2/h5,7,10,12H,3-4,6,8-9,11,13-18H2,1-2H3;3-6H2,1-2H3/b7-5+,12-10-;. The van der Waals surface area contributed by atoms with Gasteiger partial charge in [-0.15, -0.1) is 0 Å². The molecule has 3 heteroatoms. The molecule has 0 aromatic carbocycles. The zero-order valence-electron chi connectivity index (χ0n) is 18.8. The maximum Gasteiger partial charge on any atom is 0.149 e. The molecule has 0 aromatic rings. The Morgan fingerprint density at radius 2 is 0.926 bits per heavy atom. The van der Waals surface area contributed by atoms with E-state index in [-0.39, 0.29) is 0 Å². The fraction of sp³-hybridized carbons (Fsp3) is 0.833. The Balaban J connectivity index is 0. The van der Waals surface area contributed by atoms with Crippen molar-refractivity contribution in [2.24, 2.45) is 0 Å². The van der Waals surface area contributed by atoms with Crippen LogP contribution < -0.4 is 0 Å². The summed E-state index contributed by atoms with van der Waals surface area (Å²) in [6.07, 6.45) is 25.5. The largest absolute Gasteiger partial charge is 0.356 e. The van der Waals surface area contributed by atoms with Gasteiger partial charge in [-0.25, -0.2) is 0 Å². The molecule has 0 spiro atoms. The second kappa shape index (κ2) is 30.1. The van der Waals surface area contributed by atoms with Crippen molar-refractivity contribution in [3.63, 3.8) is 0 Å². The minimum atomic E-state index is 0.330. The van der Waals surface area contributed by atoms with Crippen LogP contribution in [-0.2, 0) is 14.2 Å². The Kier molecular flexibility index (Phi) is 31.8. The van der Waals surface area contributed by atoms with Gasteiger partial charge in [-0.3, -0.25) is 0 Å². The summed E-state index contributed by atoms with van der Waals surface area (Å²) in [5.41, 5.74) is 0. The van der Waals surface area contributed by atoms with Gasteiger partial charge in [0.25, 0.3) is 0 Å². The van der Waals surface area contributed by atoms with Crippen LogP contribution in [0.25, 0.3) is 0 Å². The Bertz CT molecular complexity index is 281. The van der Waals surface area contributed by atoms with Crippen LogP contribution in [0.4, 0.5) is 0 Å². The summed E-state index contributed by atoms with van der Waals surface area (Å²) in [5, 5.41) is 0. The second-order valence-electron chi connectivity index (χ2n) is 6.62. The summed E-state index contributed by atoms with van der Waals surface area (Å²) in [6, 6.07) is 0. The zero-order valence-corrected chi connectivity index (χ0v) is 18.8. The average molecular weight is 385 g/mol. The second-order valence-corrected chi connectivity index (χ2v) is 6.62. The van der Waals surface area contributed by atoms with Crippen molar-refractivity contribution >= 4 is 0 Å². The fourth-order valence-corrected chi connectivity index (χ4v) is 2.39. The number of hydrogen-bond acceptors (Lipinski definition) is 3. The first-order valence-corrected chi connectivity index (χ1v) is 11.4. The summed E-state index contributed by atoms with van der Waals surface area (Å²) in [5.74, 6) is 0. The highest BCUT2D eigenvalue weighted by Gasteiger charge is 1.90. The molecule has 0 saturated heterocycles. The molecule has 0 atom stereocenters. The molecule has 0 fully saturated rings. The Labute approximate surface area is 170 Å². The van der Waals surface area contributed by atoms with Gasteiger partial charge in [-0.05, 0) is 52.4 Å². The van der Waals surface area contributed by atoms with Gasteiger partial charge in [0.1, 0.15) is 13.6 Å². The third kappa shape index (κ3) is 33.4. The number of allylic oxidation sites excluding steroid dienone is 4. The van der Waals surface area contributed by atoms with Crippen molar-refractivity contribution in [2.75, 3.05) is 26.8 Å². The molecule has 162 valence electrons. The van der Waals surface area contributed by atoms with Crippen molar-refractivity contribution in [2.45, 2.75) is 105 Å². The van der Waals surface area contributed by atoms with E-state index in [0.29, 0.717) is 26.8 Å². The monoisotopic (exact) mass is 384 g/mol. The van der Waals surface area contributed by atoms with Crippen LogP contribution in [-0.4, -0.2) is 26.8 Å². The van der Waals surface area contributed by atoms with Crippen LogP contribution in [0.5, 0.6) is 0 Å². The van der Waals surface area contributed by atoms with Crippen LogP contribution in [0.1, 0.15) is 105 Å². The minimum absolute atomic E-state index is 0.330. The third-order valence-corrected chi connectivity index (χ3v) is 4.03. The molecule has 0 aliphatic carbocycles. The first-order valence-electron chi connectivity index (χ1n) is 11.4. The fourth-order valence-electron chi connectivity index (χ4n) is 2.39. The molecule has 3 nitrogen and oxygen atoms in total. The average Bonchev–Trinajstić information content (AvgIpc) is 2.69. The van der Waals surface area contributed by atoms with Crippen LogP contribution in [0.3, 0.4) is 0 Å². The number of ether oxygens (including phenoxy) is 3. The van der Waals surface area contributed by atoms with Crippen molar-refractivity contribution in [3.8, 4) is 0 Å². The molecule has 0 heterocycles. The molecule has 0 radical (unpaired) electrons. The molecule has 0 aromatic heterocycles. The van der Waals surface area contributed by atoms with E-state index >= 15 is 0 Å². The van der Waals surface area contributed by atoms with Crippen molar-refractivity contribution < 1.29 is 14.2 Å². The molecule has 27 heavy (non-hydrogen) atoms. The molecule has 0 rings (SSSR count). The lowest BCUT2D eigenvalue weighted by Gasteiger charge is -2.02. The Hall–Kier alpha value is -0.640. The molecule has 0 saturated carbocycles. The molecular weight excluding hydrogens is 336 g/mol. The number of hydrogen-bond donors (Lipinski definition) is 0. The molecule has 0 N–H and O–H groups in total. The summed E-state index contributed by atoms with van der Waals surface area (Å²) in [7, 11) is 0. The molecule has 0 aliphatic heterocycles.